The van der Waals surface area contributed by atoms with Crippen molar-refractivity contribution in [1.29, 1.82) is 0 Å². The first-order valence-electron chi connectivity index (χ1n) is 7.09. The molecule has 0 aliphatic rings. The first kappa shape index (κ1) is 14.1. The zero-order valence-electron chi connectivity index (χ0n) is 12.2. The van der Waals surface area contributed by atoms with E-state index in [-0.39, 0.29) is 18.0 Å². The van der Waals surface area contributed by atoms with Gasteiger partial charge < -0.3 is 9.88 Å². The number of aromatic amines is 1. The lowest BCUT2D eigenvalue weighted by Crippen LogP contribution is -2.30. The largest absolute Gasteiger partial charge is 0.322 e. The van der Waals surface area contributed by atoms with E-state index in [1.54, 1.807) is 4.90 Å². The molecule has 0 fully saturated rings. The molecule has 3 rings (SSSR count). The molecule has 4 heteroatoms. The number of amides is 1. The third kappa shape index (κ3) is 2.76. The van der Waals surface area contributed by atoms with E-state index in [0.717, 1.165) is 16.6 Å². The predicted molar refractivity (Wildman–Crippen MR) is 87.9 cm³/mol. The van der Waals surface area contributed by atoms with E-state index in [0.29, 0.717) is 5.56 Å². The van der Waals surface area contributed by atoms with Gasteiger partial charge in [0.1, 0.15) is 0 Å². The minimum atomic E-state index is -0.166. The monoisotopic (exact) mass is 292 g/mol. The van der Waals surface area contributed by atoms with Crippen LogP contribution in [0.2, 0.25) is 0 Å². The van der Waals surface area contributed by atoms with Crippen molar-refractivity contribution in [2.24, 2.45) is 0 Å². The Morgan fingerprint density at radius 2 is 1.73 bits per heavy atom. The maximum Gasteiger partial charge on any atom is 0.253 e. The highest BCUT2D eigenvalue weighted by Gasteiger charge is 2.14. The highest BCUT2D eigenvalue weighted by Crippen LogP contribution is 2.17. The van der Waals surface area contributed by atoms with Crippen LogP contribution in [0.3, 0.4) is 0 Å². The number of aromatic nitrogens is 1. The van der Waals surface area contributed by atoms with Gasteiger partial charge in [0.15, 0.2) is 0 Å². The average Bonchev–Trinajstić information content (AvgIpc) is 2.53. The molecule has 0 aliphatic carbocycles. The van der Waals surface area contributed by atoms with Crippen molar-refractivity contribution < 1.29 is 4.79 Å². The normalized spacial score (nSPS) is 10.6. The average molecular weight is 292 g/mol. The number of rotatable bonds is 3. The van der Waals surface area contributed by atoms with Crippen molar-refractivity contribution in [3.63, 3.8) is 0 Å². The first-order valence-corrected chi connectivity index (χ1v) is 7.09. The van der Waals surface area contributed by atoms with Crippen molar-refractivity contribution in [1.82, 2.24) is 4.98 Å². The Kier molecular flexibility index (Phi) is 3.74. The maximum absolute atomic E-state index is 12.2. The molecular formula is C18H16N2O2. The van der Waals surface area contributed by atoms with Crippen molar-refractivity contribution in [3.05, 3.63) is 76.6 Å². The molecule has 2 aromatic carbocycles. The molecule has 1 heterocycles. The van der Waals surface area contributed by atoms with Crippen LogP contribution in [-0.4, -0.2) is 10.9 Å². The summed E-state index contributed by atoms with van der Waals surface area (Å²) in [7, 11) is 0. The fraction of sp³-hybridized carbons (Fsp3) is 0.111. The standard InChI is InChI=1S/C18H16N2O2/c1-13(21)20(16-8-3-2-4-9-16)12-15-11-14-7-5-6-10-17(14)19-18(15)22/h2-11H,12H2,1H3,(H,19,22). The molecule has 0 saturated heterocycles. The topological polar surface area (TPSA) is 53.2 Å². The quantitative estimate of drug-likeness (QED) is 0.806. The summed E-state index contributed by atoms with van der Waals surface area (Å²) in [6.07, 6.45) is 0. The number of nitrogens with zero attached hydrogens (tertiary/aromatic N) is 1. The summed E-state index contributed by atoms with van der Waals surface area (Å²) in [6.45, 7) is 1.75. The second-order valence-electron chi connectivity index (χ2n) is 5.15. The van der Waals surface area contributed by atoms with Gasteiger partial charge in [0.2, 0.25) is 5.91 Å². The lowest BCUT2D eigenvalue weighted by Gasteiger charge is -2.21. The number of para-hydroxylation sites is 2. The Morgan fingerprint density at radius 1 is 1.05 bits per heavy atom. The Hall–Kier alpha value is -2.88. The number of H-pyrrole nitrogens is 1. The maximum atomic E-state index is 12.2. The van der Waals surface area contributed by atoms with E-state index in [9.17, 15) is 9.59 Å². The fourth-order valence-electron chi connectivity index (χ4n) is 2.47. The molecule has 22 heavy (non-hydrogen) atoms. The molecule has 0 aliphatic heterocycles. The summed E-state index contributed by atoms with van der Waals surface area (Å²) in [6, 6.07) is 18.8. The van der Waals surface area contributed by atoms with Crippen LogP contribution >= 0.6 is 0 Å². The third-order valence-corrected chi connectivity index (χ3v) is 3.61. The highest BCUT2D eigenvalue weighted by atomic mass is 16.2. The van der Waals surface area contributed by atoms with E-state index in [2.05, 4.69) is 4.98 Å². The van der Waals surface area contributed by atoms with Crippen LogP contribution in [0.25, 0.3) is 10.9 Å². The van der Waals surface area contributed by atoms with Crippen molar-refractivity contribution in [2.45, 2.75) is 13.5 Å². The number of pyridine rings is 1. The Bertz CT molecular complexity index is 869. The number of benzene rings is 2. The van der Waals surface area contributed by atoms with Crippen LogP contribution in [0.15, 0.2) is 65.5 Å². The van der Waals surface area contributed by atoms with E-state index in [1.807, 2.05) is 60.7 Å². The van der Waals surface area contributed by atoms with E-state index in [1.165, 1.54) is 6.92 Å². The SMILES string of the molecule is CC(=O)N(Cc1cc2ccccc2[nH]c1=O)c1ccccc1. The smallest absolute Gasteiger partial charge is 0.253 e. The molecule has 0 spiro atoms. The molecule has 0 radical (unpaired) electrons. The summed E-state index contributed by atoms with van der Waals surface area (Å²) in [4.78, 5) is 28.6. The number of fused-ring (bicyclic) bond motifs is 1. The number of hydrogen-bond acceptors (Lipinski definition) is 2. The van der Waals surface area contributed by atoms with Gasteiger partial charge in [0.05, 0.1) is 6.54 Å². The molecule has 1 amide bonds. The Morgan fingerprint density at radius 3 is 2.45 bits per heavy atom. The molecule has 0 saturated carbocycles. The van der Waals surface area contributed by atoms with E-state index >= 15 is 0 Å². The summed E-state index contributed by atoms with van der Waals surface area (Å²) < 4.78 is 0. The number of nitrogens with one attached hydrogen (secondary N) is 1. The van der Waals surface area contributed by atoms with Crippen LogP contribution in [-0.2, 0) is 11.3 Å². The summed E-state index contributed by atoms with van der Waals surface area (Å²) in [5.74, 6) is -0.0984. The van der Waals surface area contributed by atoms with Crippen LogP contribution in [0.5, 0.6) is 0 Å². The lowest BCUT2D eigenvalue weighted by atomic mass is 10.1. The van der Waals surface area contributed by atoms with Gasteiger partial charge in [-0.15, -0.1) is 0 Å². The molecule has 110 valence electrons. The number of carbonyl (C=O) groups is 1. The van der Waals surface area contributed by atoms with E-state index in [4.69, 9.17) is 0 Å². The van der Waals surface area contributed by atoms with Crippen molar-refractivity contribution in [2.75, 3.05) is 4.90 Å². The summed E-state index contributed by atoms with van der Waals surface area (Å²) in [5.41, 5.74) is 1.98. The van der Waals surface area contributed by atoms with Gasteiger partial charge in [-0.05, 0) is 29.7 Å². The zero-order chi connectivity index (χ0) is 15.5. The number of anilines is 1. The minimum Gasteiger partial charge on any atom is -0.322 e. The van der Waals surface area contributed by atoms with Gasteiger partial charge >= 0.3 is 0 Å². The first-order chi connectivity index (χ1) is 10.6. The Labute approximate surface area is 128 Å². The van der Waals surface area contributed by atoms with Crippen LogP contribution < -0.4 is 10.5 Å². The van der Waals surface area contributed by atoms with Gasteiger partial charge in [0, 0.05) is 23.7 Å². The predicted octanol–water partition coefficient (Wildman–Crippen LogP) is 3.08. The molecular weight excluding hydrogens is 276 g/mol. The molecule has 0 atom stereocenters. The van der Waals surface area contributed by atoms with E-state index < -0.39 is 0 Å². The van der Waals surface area contributed by atoms with Crippen molar-refractivity contribution >= 4 is 22.5 Å². The Balaban J connectivity index is 2.02. The zero-order valence-corrected chi connectivity index (χ0v) is 12.2. The van der Waals surface area contributed by atoms with Crippen LogP contribution in [0, 0.1) is 0 Å². The van der Waals surface area contributed by atoms with Gasteiger partial charge in [-0.25, -0.2) is 0 Å². The molecule has 0 bridgehead atoms. The summed E-state index contributed by atoms with van der Waals surface area (Å²) >= 11 is 0. The summed E-state index contributed by atoms with van der Waals surface area (Å²) in [5, 5.41) is 0.952. The molecule has 4 nitrogen and oxygen atoms in total. The molecule has 3 aromatic rings. The number of carbonyl (C=O) groups excluding carboxylic acids is 1. The fourth-order valence-corrected chi connectivity index (χ4v) is 2.47. The third-order valence-electron chi connectivity index (χ3n) is 3.61. The van der Waals surface area contributed by atoms with Gasteiger partial charge in [-0.1, -0.05) is 36.4 Å². The second-order valence-corrected chi connectivity index (χ2v) is 5.15. The van der Waals surface area contributed by atoms with Crippen LogP contribution in [0.1, 0.15) is 12.5 Å². The van der Waals surface area contributed by atoms with Gasteiger partial charge in [-0.2, -0.15) is 0 Å². The van der Waals surface area contributed by atoms with Gasteiger partial charge in [-0.3, -0.25) is 9.59 Å². The second kappa shape index (κ2) is 5.85. The lowest BCUT2D eigenvalue weighted by molar-refractivity contribution is -0.116. The van der Waals surface area contributed by atoms with Gasteiger partial charge in [0.25, 0.3) is 5.56 Å². The molecule has 0 unspecified atom stereocenters. The minimum absolute atomic E-state index is 0.0984. The highest BCUT2D eigenvalue weighted by molar-refractivity contribution is 5.91. The van der Waals surface area contributed by atoms with Crippen molar-refractivity contribution in [3.8, 4) is 0 Å². The van der Waals surface area contributed by atoms with Crippen LogP contribution in [0.4, 0.5) is 5.69 Å². The molecule has 1 aromatic heterocycles. The molecule has 1 N–H and O–H groups in total. The number of hydrogen-bond donors (Lipinski definition) is 1.